The zero-order chi connectivity index (χ0) is 14.0. The molecule has 3 nitrogen and oxygen atoms in total. The normalized spacial score (nSPS) is 11.6. The average molecular weight is 285 g/mol. The van der Waals surface area contributed by atoms with Crippen molar-refractivity contribution in [2.24, 2.45) is 0 Å². The molecule has 0 spiro atoms. The molecular formula is C13H17F2N3S. The van der Waals surface area contributed by atoms with E-state index < -0.39 is 11.6 Å². The second-order valence-corrected chi connectivity index (χ2v) is 4.75. The van der Waals surface area contributed by atoms with Gasteiger partial charge >= 0.3 is 0 Å². The minimum Gasteiger partial charge on any atom is -0.330 e. The van der Waals surface area contributed by atoms with Gasteiger partial charge in [-0.1, -0.05) is 13.8 Å². The average Bonchev–Trinajstić information content (AvgIpc) is 2.72. The van der Waals surface area contributed by atoms with Gasteiger partial charge in [-0.25, -0.2) is 8.78 Å². The maximum Gasteiger partial charge on any atom is 0.184 e. The number of nitrogens with zero attached hydrogens (tertiary/aromatic N) is 2. The molecule has 2 rings (SSSR count). The van der Waals surface area contributed by atoms with E-state index in [9.17, 15) is 8.78 Å². The Bertz CT molecular complexity index is 629. The number of imidazole rings is 1. The molecule has 1 heterocycles. The summed E-state index contributed by atoms with van der Waals surface area (Å²) in [7, 11) is 0. The van der Waals surface area contributed by atoms with Crippen LogP contribution in [0.3, 0.4) is 0 Å². The van der Waals surface area contributed by atoms with Crippen LogP contribution < -0.4 is 0 Å². The highest BCUT2D eigenvalue weighted by Gasteiger charge is 2.14. The summed E-state index contributed by atoms with van der Waals surface area (Å²) in [5, 5.41) is 0. The van der Waals surface area contributed by atoms with Gasteiger partial charge in [0.2, 0.25) is 0 Å². The van der Waals surface area contributed by atoms with Gasteiger partial charge in [-0.2, -0.15) is 0 Å². The van der Waals surface area contributed by atoms with E-state index in [4.69, 9.17) is 12.2 Å². The molecule has 0 saturated heterocycles. The fourth-order valence-electron chi connectivity index (χ4n) is 2.18. The standard InChI is InChI=1S/C13H17F2N3S/c1-3-17(4-2)7-8-18-12-10(16-13(18)19)6-5-9(14)11(12)15/h5-6H,3-4,7-8H2,1-2H3,(H,16,19). The number of halogens is 2. The smallest absolute Gasteiger partial charge is 0.184 e. The Kier molecular flexibility index (Phi) is 4.31. The summed E-state index contributed by atoms with van der Waals surface area (Å²) in [5.74, 6) is -1.69. The second kappa shape index (κ2) is 5.79. The van der Waals surface area contributed by atoms with Crippen molar-refractivity contribution in [3.63, 3.8) is 0 Å². The van der Waals surface area contributed by atoms with Crippen molar-refractivity contribution >= 4 is 23.3 Å². The zero-order valence-corrected chi connectivity index (χ0v) is 11.9. The molecule has 0 radical (unpaired) electrons. The molecule has 0 aliphatic carbocycles. The number of fused-ring (bicyclic) bond motifs is 1. The molecule has 2 aromatic rings. The third-order valence-corrected chi connectivity index (χ3v) is 3.68. The van der Waals surface area contributed by atoms with Crippen LogP contribution in [0.15, 0.2) is 12.1 Å². The van der Waals surface area contributed by atoms with Crippen LogP contribution in [0.4, 0.5) is 8.78 Å². The van der Waals surface area contributed by atoms with Gasteiger partial charge in [0.05, 0.1) is 5.52 Å². The molecule has 0 bridgehead atoms. The lowest BCUT2D eigenvalue weighted by Gasteiger charge is -2.18. The maximum absolute atomic E-state index is 13.9. The van der Waals surface area contributed by atoms with Crippen LogP contribution in [0, 0.1) is 16.4 Å². The van der Waals surface area contributed by atoms with Crippen molar-refractivity contribution in [1.82, 2.24) is 14.5 Å². The first-order chi connectivity index (χ1) is 9.08. The highest BCUT2D eigenvalue weighted by molar-refractivity contribution is 7.71. The highest BCUT2D eigenvalue weighted by Crippen LogP contribution is 2.20. The molecule has 0 fully saturated rings. The Morgan fingerprint density at radius 3 is 2.58 bits per heavy atom. The molecule has 0 unspecified atom stereocenters. The van der Waals surface area contributed by atoms with Crippen LogP contribution in [-0.2, 0) is 6.54 Å². The molecule has 1 aromatic heterocycles. The summed E-state index contributed by atoms with van der Waals surface area (Å²) < 4.78 is 29.3. The van der Waals surface area contributed by atoms with Gasteiger partial charge in [0.1, 0.15) is 5.52 Å². The number of rotatable bonds is 5. The number of H-pyrrole nitrogens is 1. The summed E-state index contributed by atoms with van der Waals surface area (Å²) in [4.78, 5) is 5.11. The molecule has 104 valence electrons. The monoisotopic (exact) mass is 285 g/mol. The Balaban J connectivity index is 2.40. The fourth-order valence-corrected chi connectivity index (χ4v) is 2.48. The molecule has 0 amide bonds. The molecule has 6 heteroatoms. The van der Waals surface area contributed by atoms with E-state index in [0.29, 0.717) is 16.8 Å². The lowest BCUT2D eigenvalue weighted by atomic mass is 10.3. The Morgan fingerprint density at radius 2 is 1.95 bits per heavy atom. The summed E-state index contributed by atoms with van der Waals surface area (Å²) in [6, 6.07) is 2.62. The summed E-state index contributed by atoms with van der Waals surface area (Å²) in [5.41, 5.74) is 0.751. The van der Waals surface area contributed by atoms with Gasteiger partial charge in [0, 0.05) is 13.1 Å². The molecule has 0 atom stereocenters. The highest BCUT2D eigenvalue weighted by atomic mass is 32.1. The van der Waals surface area contributed by atoms with Crippen LogP contribution in [0.2, 0.25) is 0 Å². The SMILES string of the molecule is CCN(CC)CCn1c(=S)[nH]c2ccc(F)c(F)c21. The van der Waals surface area contributed by atoms with Crippen molar-refractivity contribution in [3.05, 3.63) is 28.5 Å². The van der Waals surface area contributed by atoms with Crippen molar-refractivity contribution < 1.29 is 8.78 Å². The second-order valence-electron chi connectivity index (χ2n) is 4.37. The van der Waals surface area contributed by atoms with E-state index in [1.807, 2.05) is 0 Å². The van der Waals surface area contributed by atoms with Crippen molar-refractivity contribution in [2.45, 2.75) is 20.4 Å². The number of aromatic amines is 1. The van der Waals surface area contributed by atoms with E-state index >= 15 is 0 Å². The fraction of sp³-hybridized carbons (Fsp3) is 0.462. The number of aromatic nitrogens is 2. The van der Waals surface area contributed by atoms with E-state index in [1.54, 1.807) is 4.57 Å². The van der Waals surface area contributed by atoms with Crippen LogP contribution in [-0.4, -0.2) is 34.1 Å². The topological polar surface area (TPSA) is 24.0 Å². The summed E-state index contributed by atoms with van der Waals surface area (Å²) in [6.45, 7) is 7.27. The van der Waals surface area contributed by atoms with Gasteiger partial charge in [-0.3, -0.25) is 0 Å². The van der Waals surface area contributed by atoms with Crippen LogP contribution in [0.25, 0.3) is 11.0 Å². The Morgan fingerprint density at radius 1 is 1.26 bits per heavy atom. The predicted molar refractivity (Wildman–Crippen MR) is 74.8 cm³/mol. The molecule has 19 heavy (non-hydrogen) atoms. The van der Waals surface area contributed by atoms with E-state index in [0.717, 1.165) is 25.7 Å². The van der Waals surface area contributed by atoms with Crippen LogP contribution in [0.1, 0.15) is 13.8 Å². The molecule has 0 saturated carbocycles. The number of hydrogen-bond acceptors (Lipinski definition) is 2. The molecule has 0 aliphatic heterocycles. The largest absolute Gasteiger partial charge is 0.330 e. The van der Waals surface area contributed by atoms with E-state index in [2.05, 4.69) is 23.7 Å². The van der Waals surface area contributed by atoms with Crippen molar-refractivity contribution in [3.8, 4) is 0 Å². The first kappa shape index (κ1) is 14.1. The van der Waals surface area contributed by atoms with E-state index in [1.165, 1.54) is 6.07 Å². The van der Waals surface area contributed by atoms with Gasteiger partial charge < -0.3 is 14.5 Å². The molecular weight excluding hydrogens is 268 g/mol. The Hall–Kier alpha value is -1.27. The third-order valence-electron chi connectivity index (χ3n) is 3.36. The maximum atomic E-state index is 13.9. The first-order valence-electron chi connectivity index (χ1n) is 6.37. The third kappa shape index (κ3) is 2.69. The van der Waals surface area contributed by atoms with Crippen LogP contribution in [0.5, 0.6) is 0 Å². The minimum absolute atomic E-state index is 0.220. The first-order valence-corrected chi connectivity index (χ1v) is 6.78. The molecule has 1 aromatic carbocycles. The van der Waals surface area contributed by atoms with Crippen molar-refractivity contribution in [2.75, 3.05) is 19.6 Å². The van der Waals surface area contributed by atoms with E-state index in [-0.39, 0.29) is 5.52 Å². The predicted octanol–water partition coefficient (Wildman–Crippen LogP) is 3.32. The van der Waals surface area contributed by atoms with Gasteiger partial charge in [-0.05, 0) is 37.4 Å². The summed E-state index contributed by atoms with van der Waals surface area (Å²) in [6.07, 6.45) is 0. The number of benzene rings is 1. The van der Waals surface area contributed by atoms with Crippen LogP contribution >= 0.6 is 12.2 Å². The minimum atomic E-state index is -0.849. The number of hydrogen-bond donors (Lipinski definition) is 1. The van der Waals surface area contributed by atoms with Crippen molar-refractivity contribution in [1.29, 1.82) is 0 Å². The lowest BCUT2D eigenvalue weighted by molar-refractivity contribution is 0.291. The van der Waals surface area contributed by atoms with Gasteiger partial charge in [-0.15, -0.1) is 0 Å². The quantitative estimate of drug-likeness (QED) is 0.852. The molecule has 0 aliphatic rings. The lowest BCUT2D eigenvalue weighted by Crippen LogP contribution is -2.27. The summed E-state index contributed by atoms with van der Waals surface area (Å²) >= 11 is 5.18. The van der Waals surface area contributed by atoms with Gasteiger partial charge in [0.25, 0.3) is 0 Å². The number of likely N-dealkylation sites (N-methyl/N-ethyl adjacent to an activating group) is 1. The van der Waals surface area contributed by atoms with Gasteiger partial charge in [0.15, 0.2) is 16.4 Å². The molecule has 1 N–H and O–H groups in total. The number of nitrogens with one attached hydrogen (secondary N) is 1. The Labute approximate surface area is 115 Å². The zero-order valence-electron chi connectivity index (χ0n) is 11.0.